The number of piperidine rings is 1. The molecule has 2 atom stereocenters. The van der Waals surface area contributed by atoms with Crippen molar-refractivity contribution in [2.45, 2.75) is 49.8 Å². The number of nitrogens with one attached hydrogen (secondary N) is 2. The van der Waals surface area contributed by atoms with Gasteiger partial charge in [-0.25, -0.2) is 15.0 Å². The smallest absolute Gasteiger partial charge is 0.310 e. The number of carbonyl (C=O) groups is 1. The number of pyridine rings is 1. The van der Waals surface area contributed by atoms with Gasteiger partial charge >= 0.3 is 10.2 Å². The first kappa shape index (κ1) is 28.4. The predicted molar refractivity (Wildman–Crippen MR) is 147 cm³/mol. The maximum atomic E-state index is 13.2. The summed E-state index contributed by atoms with van der Waals surface area (Å²) in [5, 5.41) is 2.79. The van der Waals surface area contributed by atoms with Crippen LogP contribution in [0.4, 0.5) is 36.9 Å². The van der Waals surface area contributed by atoms with E-state index in [9.17, 15) is 24.2 Å². The van der Waals surface area contributed by atoms with Crippen LogP contribution in [0.25, 0.3) is 0 Å². The van der Waals surface area contributed by atoms with Gasteiger partial charge in [-0.1, -0.05) is 31.4 Å². The highest BCUT2D eigenvalue weighted by atomic mass is 32.5. The van der Waals surface area contributed by atoms with E-state index in [4.69, 9.17) is 0 Å². The zero-order chi connectivity index (χ0) is 28.8. The van der Waals surface area contributed by atoms with Crippen LogP contribution in [-0.2, 0) is 13.1 Å². The normalized spacial score (nSPS) is 21.3. The Morgan fingerprint density at radius 2 is 1.82 bits per heavy atom. The van der Waals surface area contributed by atoms with Crippen molar-refractivity contribution < 1.29 is 24.2 Å². The lowest BCUT2D eigenvalue weighted by molar-refractivity contribution is 0.0460. The third-order valence-electron chi connectivity index (χ3n) is 7.08. The average molecular weight is 602 g/mol. The zero-order valence-electron chi connectivity index (χ0n) is 21.7. The second-order valence-electron chi connectivity index (χ2n) is 9.95. The van der Waals surface area contributed by atoms with Gasteiger partial charge in [-0.3, -0.25) is 9.69 Å². The van der Waals surface area contributed by atoms with Crippen LogP contribution in [0.5, 0.6) is 0 Å². The minimum atomic E-state index is -9.73. The van der Waals surface area contributed by atoms with E-state index in [1.807, 2.05) is 18.1 Å². The van der Waals surface area contributed by atoms with Crippen LogP contribution < -0.4 is 10.0 Å². The number of benzene rings is 1. The Hall–Kier alpha value is -3.17. The van der Waals surface area contributed by atoms with Crippen LogP contribution in [0.2, 0.25) is 0 Å². The van der Waals surface area contributed by atoms with Gasteiger partial charge in [0.1, 0.15) is 10.7 Å². The van der Waals surface area contributed by atoms with E-state index in [0.29, 0.717) is 43.1 Å². The molecule has 3 aromatic rings. The summed E-state index contributed by atoms with van der Waals surface area (Å²) in [6.07, 6.45) is 6.75. The molecule has 2 aliphatic heterocycles. The second kappa shape index (κ2) is 9.73. The summed E-state index contributed by atoms with van der Waals surface area (Å²) in [4.78, 5) is 28.4. The molecule has 1 aromatic carbocycles. The molecule has 40 heavy (non-hydrogen) atoms. The Bertz CT molecular complexity index is 1430. The molecule has 1 amide bonds. The number of aromatic nitrogens is 3. The number of hydrogen-bond donors (Lipinski definition) is 2. The van der Waals surface area contributed by atoms with Gasteiger partial charge in [0.2, 0.25) is 5.95 Å². The summed E-state index contributed by atoms with van der Waals surface area (Å²) in [5.41, 5.74) is 2.48. The molecule has 1 fully saturated rings. The summed E-state index contributed by atoms with van der Waals surface area (Å²) in [7, 11) is -9.73. The third kappa shape index (κ3) is 6.25. The van der Waals surface area contributed by atoms with Gasteiger partial charge in [-0.2, -0.15) is 0 Å². The number of hydrogen-bond acceptors (Lipinski definition) is 8. The lowest BCUT2D eigenvalue weighted by atomic mass is 9.96. The van der Waals surface area contributed by atoms with Crippen molar-refractivity contribution in [1.82, 2.24) is 24.8 Å². The molecule has 2 N–H and O–H groups in total. The van der Waals surface area contributed by atoms with Gasteiger partial charge < -0.3 is 14.9 Å². The number of amides is 1. The first-order valence-electron chi connectivity index (χ1n) is 12.5. The van der Waals surface area contributed by atoms with Crippen LogP contribution >= 0.6 is 22.2 Å². The fourth-order valence-electron chi connectivity index (χ4n) is 5.09. The van der Waals surface area contributed by atoms with Gasteiger partial charge in [-0.15, -0.1) is 0 Å². The lowest BCUT2D eigenvalue weighted by Gasteiger charge is -2.41. The highest BCUT2D eigenvalue weighted by Gasteiger charge is 2.65. The number of rotatable bonds is 7. The Balaban J connectivity index is 1.20. The fraction of sp³-hybridized carbons (Fsp3) is 0.360. The number of likely N-dealkylation sites (tertiary alicyclic amines) is 1. The first-order chi connectivity index (χ1) is 18.7. The third-order valence-corrected chi connectivity index (χ3v) is 8.65. The monoisotopic (exact) mass is 601 g/mol. The van der Waals surface area contributed by atoms with E-state index in [-0.39, 0.29) is 29.6 Å². The van der Waals surface area contributed by atoms with Crippen LogP contribution in [0.3, 0.4) is 0 Å². The molecule has 8 nitrogen and oxygen atoms in total. The van der Waals surface area contributed by atoms with Crippen LogP contribution in [-0.4, -0.2) is 55.5 Å². The highest BCUT2D eigenvalue weighted by Crippen LogP contribution is 3.02. The maximum Gasteiger partial charge on any atom is 0.310 e. The van der Waals surface area contributed by atoms with Crippen molar-refractivity contribution in [3.63, 3.8) is 0 Å². The molecule has 5 rings (SSSR count). The van der Waals surface area contributed by atoms with Crippen molar-refractivity contribution in [3.05, 3.63) is 65.6 Å². The van der Waals surface area contributed by atoms with Crippen LogP contribution in [0.15, 0.2) is 53.7 Å². The van der Waals surface area contributed by atoms with Crippen molar-refractivity contribution >= 4 is 45.5 Å². The zero-order valence-corrected chi connectivity index (χ0v) is 23.3. The van der Waals surface area contributed by atoms with Gasteiger partial charge in [0, 0.05) is 67.2 Å². The van der Waals surface area contributed by atoms with Gasteiger partial charge in [0.15, 0.2) is 0 Å². The molecule has 0 bridgehead atoms. The molecular weight excluding hydrogens is 573 g/mol. The van der Waals surface area contributed by atoms with Gasteiger partial charge in [0.25, 0.3) is 5.91 Å². The number of halogens is 5. The molecule has 0 radical (unpaired) electrons. The average Bonchev–Trinajstić information content (AvgIpc) is 3.31. The molecule has 216 valence electrons. The number of nitrogens with zero attached hydrogens (tertiary/aromatic N) is 5. The van der Waals surface area contributed by atoms with Gasteiger partial charge in [-0.05, 0) is 56.2 Å². The molecule has 0 saturated carbocycles. The molecule has 4 heterocycles. The van der Waals surface area contributed by atoms with E-state index in [0.717, 1.165) is 36.2 Å². The van der Waals surface area contributed by atoms with E-state index in [1.54, 1.807) is 24.5 Å². The standard InChI is InChI=1S/C25H28F5N7OS2/c1-16-11-20(8-10-37(16)24(38)17-7-9-31-23(12-17)35-39-2)36-14-18-13-32-25(34-22(18)15-36)33-19-3-5-21(6-4-19)40(26,27,28,29)30/h3-7,9,12-13,16,20H,8,10-11,14-15H2,1-2H3,(H,31,35)(H,32,33,34)/t16-,20-/m1/s1. The number of anilines is 3. The summed E-state index contributed by atoms with van der Waals surface area (Å²) in [6, 6.07) is 6.29. The Morgan fingerprint density at radius 3 is 2.50 bits per heavy atom. The van der Waals surface area contributed by atoms with E-state index < -0.39 is 15.1 Å². The SMILES string of the molecule is CSNc1cc(C(=O)N2CC[C@@H](N3Cc4cnc(Nc5ccc(S(F)(F)(F)(F)F)cc5)nc4C3)C[C@H]2C)ccn1. The molecule has 2 aliphatic rings. The van der Waals surface area contributed by atoms with Crippen LogP contribution in [0, 0.1) is 0 Å². The lowest BCUT2D eigenvalue weighted by Crippen LogP contribution is -2.50. The van der Waals surface area contributed by atoms with Gasteiger partial charge in [0.05, 0.1) is 5.69 Å². The highest BCUT2D eigenvalue weighted by molar-refractivity contribution is 8.45. The summed E-state index contributed by atoms with van der Waals surface area (Å²) >= 11 is 1.41. The Kier molecular flexibility index (Phi) is 6.90. The van der Waals surface area contributed by atoms with E-state index in [2.05, 4.69) is 29.9 Å². The Labute approximate surface area is 232 Å². The second-order valence-corrected chi connectivity index (χ2v) is 13.0. The molecule has 2 aromatic heterocycles. The summed E-state index contributed by atoms with van der Waals surface area (Å²) in [5.74, 6) is 0.770. The molecule has 0 unspecified atom stereocenters. The van der Waals surface area contributed by atoms with E-state index in [1.165, 1.54) is 11.9 Å². The number of carbonyl (C=O) groups excluding carboxylic acids is 1. The minimum Gasteiger partial charge on any atom is -0.336 e. The van der Waals surface area contributed by atoms with Crippen molar-refractivity contribution in [2.24, 2.45) is 0 Å². The van der Waals surface area contributed by atoms with Crippen molar-refractivity contribution in [2.75, 3.05) is 22.8 Å². The molecule has 0 spiro atoms. The topological polar surface area (TPSA) is 86.3 Å². The molecular formula is C25H28F5N7OS2. The van der Waals surface area contributed by atoms with Crippen LogP contribution in [0.1, 0.15) is 41.4 Å². The van der Waals surface area contributed by atoms with Crippen molar-refractivity contribution in [3.8, 4) is 0 Å². The number of fused-ring (bicyclic) bond motifs is 1. The maximum absolute atomic E-state index is 13.2. The Morgan fingerprint density at radius 1 is 1.07 bits per heavy atom. The molecule has 1 saturated heterocycles. The summed E-state index contributed by atoms with van der Waals surface area (Å²) < 4.78 is 67.9. The van der Waals surface area contributed by atoms with Crippen molar-refractivity contribution in [1.29, 1.82) is 0 Å². The molecule has 15 heteroatoms. The van der Waals surface area contributed by atoms with E-state index >= 15 is 0 Å². The largest absolute Gasteiger partial charge is 0.336 e. The first-order valence-corrected chi connectivity index (χ1v) is 15.6. The summed E-state index contributed by atoms with van der Waals surface area (Å²) in [6.45, 7) is 3.86. The molecule has 0 aliphatic carbocycles. The minimum absolute atomic E-state index is 0.0255. The quantitative estimate of drug-likeness (QED) is 0.222. The predicted octanol–water partition coefficient (Wildman–Crippen LogP) is 6.97. The fourth-order valence-corrected chi connectivity index (χ4v) is 6.06.